The van der Waals surface area contributed by atoms with E-state index in [0.29, 0.717) is 46.7 Å². The molecule has 20 heteroatoms. The predicted octanol–water partition coefficient (Wildman–Crippen LogP) is 8.76. The lowest BCUT2D eigenvalue weighted by Crippen LogP contribution is -2.29. The monoisotopic (exact) mass is 809 g/mol. The van der Waals surface area contributed by atoms with Gasteiger partial charge in [-0.25, -0.2) is 26.1 Å². The molecule has 49 heavy (non-hydrogen) atoms. The molecule has 1 aromatic heterocycles. The minimum Gasteiger partial charge on any atom is -0.361 e. The maximum atomic E-state index is 13.0. The molecule has 0 aliphatic heterocycles. The summed E-state index contributed by atoms with van der Waals surface area (Å²) in [6, 6.07) is 11.3. The summed E-state index contributed by atoms with van der Waals surface area (Å²) in [4.78, 5) is 15.9. The molecule has 0 aliphatic rings. The van der Waals surface area contributed by atoms with Crippen molar-refractivity contribution in [2.24, 2.45) is 0 Å². The number of aromatic nitrogens is 1. The molecular weight excluding hydrogens is 787 g/mol. The van der Waals surface area contributed by atoms with Crippen molar-refractivity contribution >= 4 is 75.2 Å². The Kier molecular flexibility index (Phi) is 13.2. The van der Waals surface area contributed by atoms with Gasteiger partial charge in [-0.1, -0.05) is 58.8 Å². The van der Waals surface area contributed by atoms with Crippen molar-refractivity contribution in [1.29, 1.82) is 0 Å². The lowest BCUT2D eigenvalue weighted by Gasteiger charge is -2.19. The van der Waals surface area contributed by atoms with Gasteiger partial charge in [0.1, 0.15) is 9.79 Å². The molecule has 0 amide bonds. The van der Waals surface area contributed by atoms with E-state index in [1.54, 1.807) is 12.1 Å². The van der Waals surface area contributed by atoms with Gasteiger partial charge in [-0.05, 0) is 55.3 Å². The average molecular weight is 811 g/mol. The van der Waals surface area contributed by atoms with Crippen LogP contribution in [0.15, 0.2) is 76.7 Å². The summed E-state index contributed by atoms with van der Waals surface area (Å²) in [5.41, 5.74) is -0.755. The van der Waals surface area contributed by atoms with Crippen LogP contribution >= 0.6 is 45.2 Å². The van der Waals surface area contributed by atoms with Crippen LogP contribution in [0.5, 0.6) is 0 Å². The first kappa shape index (κ1) is 40.5. The highest BCUT2D eigenvalue weighted by molar-refractivity contribution is 8.13. The molecule has 0 saturated heterocycles. The van der Waals surface area contributed by atoms with Gasteiger partial charge in [-0.3, -0.25) is 4.79 Å². The highest BCUT2D eigenvalue weighted by atomic mass is 35.7. The van der Waals surface area contributed by atoms with Crippen molar-refractivity contribution in [3.05, 3.63) is 104 Å². The Hall–Kier alpha value is -2.93. The first-order valence-corrected chi connectivity index (χ1v) is 18.8. The van der Waals surface area contributed by atoms with Crippen molar-refractivity contribution in [3.8, 4) is 0 Å². The Labute approximate surface area is 296 Å². The summed E-state index contributed by atoms with van der Waals surface area (Å²) in [6.07, 6.45) is -7.51. The molecule has 1 heterocycles. The minimum atomic E-state index is -4.69. The van der Waals surface area contributed by atoms with E-state index in [9.17, 15) is 48.0 Å². The fourth-order valence-corrected chi connectivity index (χ4v) is 7.94. The molecule has 0 atom stereocenters. The summed E-state index contributed by atoms with van der Waals surface area (Å²) in [6.45, 7) is 2.22. The zero-order valence-corrected chi connectivity index (χ0v) is 29.8. The lowest BCUT2D eigenvalue weighted by molar-refractivity contribution is -0.138. The number of sulfonamides is 1. The zero-order valence-electron chi connectivity index (χ0n) is 25.0. The maximum Gasteiger partial charge on any atom is 0.416 e. The van der Waals surface area contributed by atoms with Crippen molar-refractivity contribution in [3.63, 3.8) is 0 Å². The second kappa shape index (κ2) is 16.0. The number of benzene rings is 3. The molecule has 0 unspecified atom stereocenters. The molecular formula is C29H24Cl3F6N3O5S3. The molecule has 3 aromatic carbocycles. The number of carbonyl (C=O) groups is 1. The second-order valence-corrected chi connectivity index (χ2v) is 16.4. The third kappa shape index (κ3) is 10.8. The third-order valence-corrected chi connectivity index (χ3v) is 11.6. The molecule has 0 aliphatic carbocycles. The number of aryl methyl sites for hydroxylation is 1. The number of halogens is 9. The van der Waals surface area contributed by atoms with E-state index in [0.717, 1.165) is 28.1 Å². The number of alkyl halides is 6. The molecule has 0 spiro atoms. The van der Waals surface area contributed by atoms with Crippen LogP contribution in [0.25, 0.3) is 0 Å². The molecule has 4 aromatic rings. The molecule has 8 nitrogen and oxygen atoms in total. The van der Waals surface area contributed by atoms with Gasteiger partial charge in [0.05, 0.1) is 32.2 Å². The van der Waals surface area contributed by atoms with Crippen LogP contribution in [0.4, 0.5) is 31.5 Å². The number of carbonyl (C=O) groups excluding carboxylic acids is 1. The molecule has 4 rings (SSSR count). The highest BCUT2D eigenvalue weighted by Gasteiger charge is 2.34. The molecule has 0 bridgehead atoms. The number of anilines is 1. The van der Waals surface area contributed by atoms with Gasteiger partial charge in [-0.15, -0.1) is 0 Å². The van der Waals surface area contributed by atoms with Gasteiger partial charge < -0.3 is 5.32 Å². The quantitative estimate of drug-likeness (QED) is 0.0738. The first-order chi connectivity index (χ1) is 22.5. The third-order valence-electron chi connectivity index (χ3n) is 6.51. The predicted molar refractivity (Wildman–Crippen MR) is 176 cm³/mol. The van der Waals surface area contributed by atoms with E-state index < -0.39 is 52.3 Å². The summed E-state index contributed by atoms with van der Waals surface area (Å²) in [5.74, 6) is -0.132. The standard InChI is InChI=1S/C22H21ClF3N3O3S2.C7H3Cl2F3O2S/c1-14-6-3-4-7-16(14)20(30)18-13-28-21(33-18)27-10-5-11-29(2)34(31,32)19-12-15(22(24,25)26)8-9-17(19)23;8-5-2-1-4(7(10,11)12)3-6(5)15(9,13)14/h3-4,6-9,12-13H,5,10-11H2,1-2H3,(H,27,28);1-3H. The number of rotatable bonds is 10. The number of hydrogen-bond donors (Lipinski definition) is 1. The number of hydrogen-bond acceptors (Lipinski definition) is 8. The summed E-state index contributed by atoms with van der Waals surface area (Å²) < 4.78 is 124. The molecule has 0 radical (unpaired) electrons. The van der Waals surface area contributed by atoms with Crippen LogP contribution in [-0.4, -0.2) is 52.0 Å². The lowest BCUT2D eigenvalue weighted by atomic mass is 10.0. The topological polar surface area (TPSA) is 114 Å². The average Bonchev–Trinajstić information content (AvgIpc) is 3.47. The summed E-state index contributed by atoms with van der Waals surface area (Å²) in [7, 11) is -2.32. The fraction of sp³-hybridized carbons (Fsp3) is 0.241. The maximum absolute atomic E-state index is 13.0. The Morgan fingerprint density at radius 2 is 1.41 bits per heavy atom. The smallest absolute Gasteiger partial charge is 0.361 e. The zero-order chi connectivity index (χ0) is 36.9. The Morgan fingerprint density at radius 3 is 1.94 bits per heavy atom. The van der Waals surface area contributed by atoms with Gasteiger partial charge in [-0.2, -0.15) is 26.3 Å². The van der Waals surface area contributed by atoms with Crippen LogP contribution < -0.4 is 5.32 Å². The van der Waals surface area contributed by atoms with Crippen LogP contribution in [0, 0.1) is 6.92 Å². The molecule has 1 N–H and O–H groups in total. The SMILES string of the molecule is Cc1ccccc1C(=O)c1cnc(NCCCN(C)S(=O)(=O)c2cc(C(F)(F)F)ccc2Cl)s1.O=S(=O)(Cl)c1cc(C(F)(F)F)ccc1Cl. The van der Waals surface area contributed by atoms with Crippen molar-refractivity contribution in [2.45, 2.75) is 35.5 Å². The van der Waals surface area contributed by atoms with Crippen molar-refractivity contribution in [1.82, 2.24) is 9.29 Å². The van der Waals surface area contributed by atoms with E-state index >= 15 is 0 Å². The van der Waals surface area contributed by atoms with Crippen LogP contribution in [0.1, 0.15) is 38.3 Å². The first-order valence-electron chi connectivity index (χ1n) is 13.5. The fourth-order valence-electron chi connectivity index (χ4n) is 3.95. The van der Waals surface area contributed by atoms with Crippen LogP contribution in [0.2, 0.25) is 10.0 Å². The molecule has 0 saturated carbocycles. The second-order valence-electron chi connectivity index (χ2n) is 10.0. The van der Waals surface area contributed by atoms with Crippen LogP contribution in [0.3, 0.4) is 0 Å². The van der Waals surface area contributed by atoms with Crippen molar-refractivity contribution in [2.75, 3.05) is 25.5 Å². The molecule has 266 valence electrons. The van der Waals surface area contributed by atoms with Crippen LogP contribution in [-0.2, 0) is 31.4 Å². The number of nitrogens with zero attached hydrogens (tertiary/aromatic N) is 2. The molecule has 0 fully saturated rings. The van der Waals surface area contributed by atoms with E-state index in [4.69, 9.17) is 33.9 Å². The Balaban J connectivity index is 0.000000362. The normalized spacial score (nSPS) is 12.4. The van der Waals surface area contributed by atoms with E-state index in [-0.39, 0.29) is 22.4 Å². The van der Waals surface area contributed by atoms with Gasteiger partial charge in [0.2, 0.25) is 15.8 Å². The summed E-state index contributed by atoms with van der Waals surface area (Å²) >= 11 is 12.5. The van der Waals surface area contributed by atoms with Gasteiger partial charge in [0.15, 0.2) is 5.13 Å². The van der Waals surface area contributed by atoms with E-state index in [1.807, 2.05) is 19.1 Å². The number of thiazole rings is 1. The largest absolute Gasteiger partial charge is 0.416 e. The number of ketones is 1. The van der Waals surface area contributed by atoms with Gasteiger partial charge >= 0.3 is 12.4 Å². The van der Waals surface area contributed by atoms with Gasteiger partial charge in [0.25, 0.3) is 9.05 Å². The number of nitrogens with one attached hydrogen (secondary N) is 1. The summed E-state index contributed by atoms with van der Waals surface area (Å²) in [5, 5.41) is 2.90. The Morgan fingerprint density at radius 1 is 0.878 bits per heavy atom. The van der Waals surface area contributed by atoms with E-state index in [1.165, 1.54) is 24.6 Å². The highest BCUT2D eigenvalue weighted by Crippen LogP contribution is 2.35. The Bertz CT molecular complexity index is 2040. The van der Waals surface area contributed by atoms with Crippen molar-refractivity contribution < 1.29 is 48.0 Å². The van der Waals surface area contributed by atoms with Gasteiger partial charge in [0, 0.05) is 36.4 Å². The minimum absolute atomic E-state index is 0.0300. The van der Waals surface area contributed by atoms with E-state index in [2.05, 4.69) is 10.3 Å².